The van der Waals surface area contributed by atoms with Crippen molar-refractivity contribution in [2.24, 2.45) is 0 Å². The number of benzene rings is 2. The molecule has 1 N–H and O–H groups in total. The molecule has 0 unspecified atom stereocenters. The standard InChI is InChI=1S/C18H14FNO2S2/c1-23-14-8-4-12(5-9-14)18-20-17(15(24-18)10-16(21)22)11-2-6-13(19)7-3-11/h2-9H,10H2,1H3,(H,21,22). The molecule has 1 aromatic heterocycles. The minimum Gasteiger partial charge on any atom is -0.481 e. The second-order valence-electron chi connectivity index (χ2n) is 5.10. The largest absolute Gasteiger partial charge is 0.481 e. The molecular formula is C18H14FNO2S2. The molecule has 0 saturated carbocycles. The van der Waals surface area contributed by atoms with Crippen molar-refractivity contribution >= 4 is 29.1 Å². The quantitative estimate of drug-likeness (QED) is 0.654. The van der Waals surface area contributed by atoms with Gasteiger partial charge in [0.1, 0.15) is 10.8 Å². The normalized spacial score (nSPS) is 10.8. The molecule has 0 aliphatic heterocycles. The lowest BCUT2D eigenvalue weighted by molar-refractivity contribution is -0.136. The number of thioether (sulfide) groups is 1. The Kier molecular flexibility index (Phi) is 4.97. The van der Waals surface area contributed by atoms with Gasteiger partial charge in [0.25, 0.3) is 0 Å². The Morgan fingerprint density at radius 3 is 2.33 bits per heavy atom. The summed E-state index contributed by atoms with van der Waals surface area (Å²) in [6, 6.07) is 13.9. The monoisotopic (exact) mass is 359 g/mol. The second kappa shape index (κ2) is 7.15. The fourth-order valence-corrected chi connectivity index (χ4v) is 3.79. The van der Waals surface area contributed by atoms with Crippen molar-refractivity contribution in [3.63, 3.8) is 0 Å². The molecule has 3 aromatic rings. The molecule has 0 aliphatic rings. The molecule has 2 aromatic carbocycles. The molecule has 1 heterocycles. The van der Waals surface area contributed by atoms with Gasteiger partial charge in [0, 0.05) is 20.9 Å². The Morgan fingerprint density at radius 1 is 1.12 bits per heavy atom. The van der Waals surface area contributed by atoms with Gasteiger partial charge in [0.2, 0.25) is 0 Å². The first-order valence-electron chi connectivity index (χ1n) is 7.18. The van der Waals surface area contributed by atoms with E-state index in [1.807, 2.05) is 30.5 Å². The Hall–Kier alpha value is -2.18. The maximum Gasteiger partial charge on any atom is 0.308 e. The average molecular weight is 359 g/mol. The minimum atomic E-state index is -0.911. The zero-order valence-corrected chi connectivity index (χ0v) is 14.5. The predicted octanol–water partition coefficient (Wildman–Crippen LogP) is 4.97. The van der Waals surface area contributed by atoms with Gasteiger partial charge in [-0.25, -0.2) is 9.37 Å². The van der Waals surface area contributed by atoms with E-state index in [1.165, 1.54) is 23.5 Å². The number of thiazole rings is 1. The van der Waals surface area contributed by atoms with Crippen molar-refractivity contribution in [3.8, 4) is 21.8 Å². The van der Waals surface area contributed by atoms with Gasteiger partial charge in [0.05, 0.1) is 12.1 Å². The molecule has 6 heteroatoms. The molecule has 0 saturated heterocycles. The Balaban J connectivity index is 2.04. The molecule has 3 nitrogen and oxygen atoms in total. The lowest BCUT2D eigenvalue weighted by Gasteiger charge is -2.00. The smallest absolute Gasteiger partial charge is 0.308 e. The fraction of sp³-hybridized carbons (Fsp3) is 0.111. The topological polar surface area (TPSA) is 50.2 Å². The number of aliphatic carboxylic acids is 1. The number of halogens is 1. The molecule has 3 rings (SSSR count). The number of rotatable bonds is 5. The van der Waals surface area contributed by atoms with E-state index in [4.69, 9.17) is 5.11 Å². The number of carboxylic acids is 1. The van der Waals surface area contributed by atoms with E-state index in [0.717, 1.165) is 21.0 Å². The van der Waals surface area contributed by atoms with Gasteiger partial charge in [0.15, 0.2) is 0 Å². The summed E-state index contributed by atoms with van der Waals surface area (Å²) in [6.07, 6.45) is 1.91. The van der Waals surface area contributed by atoms with Crippen LogP contribution in [0.15, 0.2) is 53.4 Å². The highest BCUT2D eigenvalue weighted by Gasteiger charge is 2.17. The number of carboxylic acid groups (broad SMARTS) is 1. The van der Waals surface area contributed by atoms with E-state index in [1.54, 1.807) is 23.9 Å². The zero-order chi connectivity index (χ0) is 17.1. The van der Waals surface area contributed by atoms with E-state index in [2.05, 4.69) is 4.98 Å². The van der Waals surface area contributed by atoms with Gasteiger partial charge in [-0.1, -0.05) is 12.1 Å². The van der Waals surface area contributed by atoms with Crippen LogP contribution < -0.4 is 0 Å². The van der Waals surface area contributed by atoms with Crippen LogP contribution in [0.3, 0.4) is 0 Å². The molecule has 0 spiro atoms. The van der Waals surface area contributed by atoms with E-state index in [9.17, 15) is 9.18 Å². The maximum absolute atomic E-state index is 13.1. The van der Waals surface area contributed by atoms with Crippen LogP contribution in [0.4, 0.5) is 4.39 Å². The van der Waals surface area contributed by atoms with Crippen LogP contribution in [-0.2, 0) is 11.2 Å². The summed E-state index contributed by atoms with van der Waals surface area (Å²) in [5.41, 5.74) is 2.26. The van der Waals surface area contributed by atoms with Gasteiger partial charge < -0.3 is 5.11 Å². The first-order valence-corrected chi connectivity index (χ1v) is 9.23. The Morgan fingerprint density at radius 2 is 1.75 bits per heavy atom. The summed E-state index contributed by atoms with van der Waals surface area (Å²) in [7, 11) is 0. The first-order chi connectivity index (χ1) is 11.6. The van der Waals surface area contributed by atoms with Crippen LogP contribution in [0.5, 0.6) is 0 Å². The number of hydrogen-bond donors (Lipinski definition) is 1. The van der Waals surface area contributed by atoms with Crippen LogP contribution in [0.1, 0.15) is 4.88 Å². The molecule has 0 aliphatic carbocycles. The average Bonchev–Trinajstić information content (AvgIpc) is 2.98. The van der Waals surface area contributed by atoms with Crippen LogP contribution in [0.25, 0.3) is 21.8 Å². The molecule has 24 heavy (non-hydrogen) atoms. The number of aromatic nitrogens is 1. The van der Waals surface area contributed by atoms with Crippen molar-refractivity contribution in [1.29, 1.82) is 0 Å². The maximum atomic E-state index is 13.1. The molecule has 0 atom stereocenters. The summed E-state index contributed by atoms with van der Waals surface area (Å²) in [5, 5.41) is 9.91. The van der Waals surface area contributed by atoms with Gasteiger partial charge >= 0.3 is 5.97 Å². The highest BCUT2D eigenvalue weighted by molar-refractivity contribution is 7.98. The highest BCUT2D eigenvalue weighted by Crippen LogP contribution is 2.35. The van der Waals surface area contributed by atoms with Crippen molar-refractivity contribution in [2.45, 2.75) is 11.3 Å². The molecule has 122 valence electrons. The summed E-state index contributed by atoms with van der Waals surface area (Å²) in [4.78, 5) is 17.6. The fourth-order valence-electron chi connectivity index (χ4n) is 2.30. The predicted molar refractivity (Wildman–Crippen MR) is 96.1 cm³/mol. The third-order valence-electron chi connectivity index (χ3n) is 3.46. The zero-order valence-electron chi connectivity index (χ0n) is 12.8. The number of carbonyl (C=O) groups is 1. The number of hydrogen-bond acceptors (Lipinski definition) is 4. The Bertz CT molecular complexity index is 858. The third-order valence-corrected chi connectivity index (χ3v) is 5.31. The second-order valence-corrected chi connectivity index (χ2v) is 7.06. The highest BCUT2D eigenvalue weighted by atomic mass is 32.2. The van der Waals surface area contributed by atoms with Crippen molar-refractivity contribution in [2.75, 3.05) is 6.26 Å². The van der Waals surface area contributed by atoms with Crippen molar-refractivity contribution < 1.29 is 14.3 Å². The van der Waals surface area contributed by atoms with Crippen LogP contribution in [-0.4, -0.2) is 22.3 Å². The summed E-state index contributed by atoms with van der Waals surface area (Å²) in [6.45, 7) is 0. The van der Waals surface area contributed by atoms with Gasteiger partial charge in [-0.15, -0.1) is 23.1 Å². The third kappa shape index (κ3) is 3.66. The van der Waals surface area contributed by atoms with Crippen LogP contribution in [0, 0.1) is 5.82 Å². The van der Waals surface area contributed by atoms with Gasteiger partial charge in [-0.05, 0) is 42.7 Å². The molecule has 0 amide bonds. The molecule has 0 fully saturated rings. The van der Waals surface area contributed by atoms with Gasteiger partial charge in [-0.2, -0.15) is 0 Å². The van der Waals surface area contributed by atoms with E-state index in [-0.39, 0.29) is 12.2 Å². The van der Waals surface area contributed by atoms with Gasteiger partial charge in [-0.3, -0.25) is 4.79 Å². The lowest BCUT2D eigenvalue weighted by atomic mass is 10.1. The number of nitrogens with zero attached hydrogens (tertiary/aromatic N) is 1. The summed E-state index contributed by atoms with van der Waals surface area (Å²) < 4.78 is 13.1. The molecule has 0 bridgehead atoms. The van der Waals surface area contributed by atoms with E-state index >= 15 is 0 Å². The summed E-state index contributed by atoms with van der Waals surface area (Å²) >= 11 is 3.02. The van der Waals surface area contributed by atoms with E-state index < -0.39 is 5.97 Å². The van der Waals surface area contributed by atoms with Crippen LogP contribution >= 0.6 is 23.1 Å². The minimum absolute atomic E-state index is 0.104. The molecular weight excluding hydrogens is 345 g/mol. The first kappa shape index (κ1) is 16.7. The summed E-state index contributed by atoms with van der Waals surface area (Å²) in [5.74, 6) is -1.24. The van der Waals surface area contributed by atoms with Crippen molar-refractivity contribution in [1.82, 2.24) is 4.98 Å². The van der Waals surface area contributed by atoms with Crippen molar-refractivity contribution in [3.05, 3.63) is 59.2 Å². The molecule has 0 radical (unpaired) electrons. The van der Waals surface area contributed by atoms with Crippen LogP contribution in [0.2, 0.25) is 0 Å². The lowest BCUT2D eigenvalue weighted by Crippen LogP contribution is -1.99. The Labute approximate surface area is 147 Å². The van der Waals surface area contributed by atoms with E-state index in [0.29, 0.717) is 10.6 Å². The SMILES string of the molecule is CSc1ccc(-c2nc(-c3ccc(F)cc3)c(CC(=O)O)s2)cc1.